The van der Waals surface area contributed by atoms with E-state index in [4.69, 9.17) is 9.15 Å². The lowest BCUT2D eigenvalue weighted by Gasteiger charge is -2.13. The molecule has 3 rings (SSSR count). The molecule has 0 radical (unpaired) electrons. The molecule has 0 amide bonds. The summed E-state index contributed by atoms with van der Waals surface area (Å²) in [5, 5.41) is 7.76. The molecule has 0 aliphatic carbocycles. The average Bonchev–Trinajstić information content (AvgIpc) is 3.12. The molecule has 9 heteroatoms. The molecule has 0 fully saturated rings. The molecule has 2 heterocycles. The van der Waals surface area contributed by atoms with Crippen molar-refractivity contribution in [3.63, 3.8) is 0 Å². The minimum atomic E-state index is -3.92. The van der Waals surface area contributed by atoms with E-state index in [1.165, 1.54) is 0 Å². The number of para-hydroxylation sites is 2. The van der Waals surface area contributed by atoms with Gasteiger partial charge in [0.15, 0.2) is 0 Å². The number of benzene rings is 1. The maximum absolute atomic E-state index is 13.1. The Morgan fingerprint density at radius 2 is 1.88 bits per heavy atom. The van der Waals surface area contributed by atoms with Gasteiger partial charge in [0.05, 0.1) is 17.9 Å². The summed E-state index contributed by atoms with van der Waals surface area (Å²) in [4.78, 5) is 3.11. The number of hydrogen-bond donors (Lipinski definition) is 2. The van der Waals surface area contributed by atoms with Crippen molar-refractivity contribution in [2.24, 2.45) is 0 Å². The van der Waals surface area contributed by atoms with Gasteiger partial charge in [-0.05, 0) is 32.9 Å². The first kappa shape index (κ1) is 18.0. The highest BCUT2D eigenvalue weighted by molar-refractivity contribution is 7.93. The molecule has 0 saturated heterocycles. The van der Waals surface area contributed by atoms with Gasteiger partial charge in [-0.15, -0.1) is 10.2 Å². The van der Waals surface area contributed by atoms with Gasteiger partial charge in [0, 0.05) is 18.3 Å². The Labute approximate surface area is 151 Å². The van der Waals surface area contributed by atoms with Crippen LogP contribution < -0.4 is 9.46 Å². The lowest BCUT2D eigenvalue weighted by atomic mass is 10.2. The molecular weight excluding hydrogens is 356 g/mol. The summed E-state index contributed by atoms with van der Waals surface area (Å²) in [6.45, 7) is 7.35. The second-order valence-corrected chi connectivity index (χ2v) is 7.36. The van der Waals surface area contributed by atoms with Crippen LogP contribution >= 0.6 is 0 Å². The van der Waals surface area contributed by atoms with E-state index in [0.717, 1.165) is 0 Å². The summed E-state index contributed by atoms with van der Waals surface area (Å²) >= 11 is 0. The quantitative estimate of drug-likeness (QED) is 0.684. The number of nitrogens with zero attached hydrogens (tertiary/aromatic N) is 2. The molecule has 138 valence electrons. The van der Waals surface area contributed by atoms with Gasteiger partial charge in [-0.25, -0.2) is 8.42 Å². The minimum Gasteiger partial charge on any atom is -0.492 e. The second-order valence-electron chi connectivity index (χ2n) is 5.74. The molecule has 3 aromatic rings. The Balaban J connectivity index is 2.09. The number of rotatable bonds is 6. The van der Waals surface area contributed by atoms with Crippen molar-refractivity contribution in [3.05, 3.63) is 41.5 Å². The maximum atomic E-state index is 13.1. The second kappa shape index (κ2) is 6.83. The number of aromatic nitrogens is 3. The van der Waals surface area contributed by atoms with Gasteiger partial charge in [-0.2, -0.15) is 0 Å². The van der Waals surface area contributed by atoms with Gasteiger partial charge in [-0.1, -0.05) is 12.1 Å². The number of sulfonamides is 1. The molecular formula is C17H20N4O4S. The van der Waals surface area contributed by atoms with Crippen LogP contribution in [0.1, 0.15) is 24.2 Å². The molecule has 26 heavy (non-hydrogen) atoms. The predicted octanol–water partition coefficient (Wildman–Crippen LogP) is 3.19. The van der Waals surface area contributed by atoms with Gasteiger partial charge < -0.3 is 14.1 Å². The first-order valence-electron chi connectivity index (χ1n) is 8.07. The number of hydrogen-bond acceptors (Lipinski definition) is 6. The lowest BCUT2D eigenvalue weighted by molar-refractivity contribution is 0.342. The molecule has 0 atom stereocenters. The van der Waals surface area contributed by atoms with Crippen molar-refractivity contribution in [2.45, 2.75) is 32.6 Å². The zero-order valence-corrected chi connectivity index (χ0v) is 15.8. The van der Waals surface area contributed by atoms with Gasteiger partial charge in [0.1, 0.15) is 10.6 Å². The van der Waals surface area contributed by atoms with Gasteiger partial charge in [0.25, 0.3) is 15.9 Å². The fourth-order valence-electron chi connectivity index (χ4n) is 2.78. The molecule has 2 aromatic heterocycles. The van der Waals surface area contributed by atoms with Crippen LogP contribution in [0.5, 0.6) is 5.75 Å². The zero-order valence-electron chi connectivity index (χ0n) is 15.0. The topological polar surface area (TPSA) is 110 Å². The van der Waals surface area contributed by atoms with Gasteiger partial charge >= 0.3 is 0 Å². The van der Waals surface area contributed by atoms with E-state index in [0.29, 0.717) is 40.9 Å². The van der Waals surface area contributed by atoms with Crippen LogP contribution in [0.25, 0.3) is 11.5 Å². The van der Waals surface area contributed by atoms with E-state index in [1.807, 2.05) is 6.92 Å². The van der Waals surface area contributed by atoms with Crippen LogP contribution in [0.3, 0.4) is 0 Å². The first-order chi connectivity index (χ1) is 12.3. The predicted molar refractivity (Wildman–Crippen MR) is 96.7 cm³/mol. The third-order valence-electron chi connectivity index (χ3n) is 3.76. The summed E-state index contributed by atoms with van der Waals surface area (Å²) in [5.74, 6) is 0.970. The normalized spacial score (nSPS) is 11.5. The molecule has 8 nitrogen and oxygen atoms in total. The highest BCUT2D eigenvalue weighted by atomic mass is 32.2. The van der Waals surface area contributed by atoms with Crippen molar-refractivity contribution in [1.29, 1.82) is 0 Å². The van der Waals surface area contributed by atoms with Crippen LogP contribution in [0.15, 0.2) is 33.6 Å². The third kappa shape index (κ3) is 3.30. The van der Waals surface area contributed by atoms with Crippen molar-refractivity contribution < 1.29 is 17.6 Å². The number of aryl methyl sites for hydroxylation is 3. The number of anilines is 1. The van der Waals surface area contributed by atoms with Crippen LogP contribution in [0.2, 0.25) is 0 Å². The average molecular weight is 376 g/mol. The fraction of sp³-hybridized carbons (Fsp3) is 0.294. The third-order valence-corrected chi connectivity index (χ3v) is 5.29. The van der Waals surface area contributed by atoms with Crippen molar-refractivity contribution in [3.8, 4) is 17.2 Å². The molecule has 0 spiro atoms. The molecule has 0 unspecified atom stereocenters. The molecule has 0 aliphatic rings. The number of ether oxygens (including phenoxy) is 1. The minimum absolute atomic E-state index is 0.0740. The van der Waals surface area contributed by atoms with Crippen LogP contribution in [0.4, 0.5) is 5.69 Å². The standard InChI is InChI=1S/C17H20N4O4S/c1-5-24-14-9-7-6-8-13(14)21-26(22,23)16-11(3)18-10(2)15(16)17-20-19-12(4)25-17/h6-9,18,21H,5H2,1-4H3. The molecule has 1 aromatic carbocycles. The van der Waals surface area contributed by atoms with Crippen LogP contribution in [-0.2, 0) is 10.0 Å². The number of nitrogens with one attached hydrogen (secondary N) is 2. The Morgan fingerprint density at radius 3 is 2.54 bits per heavy atom. The van der Waals surface area contributed by atoms with E-state index in [1.54, 1.807) is 45.0 Å². The van der Waals surface area contributed by atoms with E-state index in [2.05, 4.69) is 19.9 Å². The number of aromatic amines is 1. The van der Waals surface area contributed by atoms with Crippen molar-refractivity contribution >= 4 is 15.7 Å². The Bertz CT molecular complexity index is 1040. The molecule has 2 N–H and O–H groups in total. The van der Waals surface area contributed by atoms with E-state index in [-0.39, 0.29) is 10.8 Å². The van der Waals surface area contributed by atoms with E-state index >= 15 is 0 Å². The highest BCUT2D eigenvalue weighted by Crippen LogP contribution is 2.35. The Kier molecular flexibility index (Phi) is 4.73. The van der Waals surface area contributed by atoms with E-state index in [9.17, 15) is 8.42 Å². The number of H-pyrrole nitrogens is 1. The van der Waals surface area contributed by atoms with E-state index < -0.39 is 10.0 Å². The highest BCUT2D eigenvalue weighted by Gasteiger charge is 2.29. The summed E-state index contributed by atoms with van der Waals surface area (Å²) in [7, 11) is -3.92. The summed E-state index contributed by atoms with van der Waals surface area (Å²) < 4.78 is 39.8. The lowest BCUT2D eigenvalue weighted by Crippen LogP contribution is -2.15. The van der Waals surface area contributed by atoms with Crippen molar-refractivity contribution in [2.75, 3.05) is 11.3 Å². The van der Waals surface area contributed by atoms with Crippen LogP contribution in [0, 0.1) is 20.8 Å². The summed E-state index contributed by atoms with van der Waals surface area (Å²) in [6, 6.07) is 6.87. The summed E-state index contributed by atoms with van der Waals surface area (Å²) in [5.41, 5.74) is 1.84. The van der Waals surface area contributed by atoms with Crippen LogP contribution in [-0.4, -0.2) is 30.2 Å². The van der Waals surface area contributed by atoms with Gasteiger partial charge in [-0.3, -0.25) is 4.72 Å². The van der Waals surface area contributed by atoms with Crippen molar-refractivity contribution in [1.82, 2.24) is 15.2 Å². The Hall–Kier alpha value is -2.81. The zero-order chi connectivity index (χ0) is 18.9. The SMILES string of the molecule is CCOc1ccccc1NS(=O)(=O)c1c(C)[nH]c(C)c1-c1nnc(C)o1. The summed E-state index contributed by atoms with van der Waals surface area (Å²) in [6.07, 6.45) is 0. The maximum Gasteiger partial charge on any atom is 0.264 e. The monoisotopic (exact) mass is 376 g/mol. The van der Waals surface area contributed by atoms with Gasteiger partial charge in [0.2, 0.25) is 5.89 Å². The first-order valence-corrected chi connectivity index (χ1v) is 9.56. The smallest absolute Gasteiger partial charge is 0.264 e. The Morgan fingerprint density at radius 1 is 1.15 bits per heavy atom. The molecule has 0 saturated carbocycles. The molecule has 0 aliphatic heterocycles. The largest absolute Gasteiger partial charge is 0.492 e. The fourth-order valence-corrected chi connectivity index (χ4v) is 4.30. The molecule has 0 bridgehead atoms.